The Morgan fingerprint density at radius 2 is 2.04 bits per heavy atom. The fourth-order valence-corrected chi connectivity index (χ4v) is 3.76. The highest BCUT2D eigenvalue weighted by molar-refractivity contribution is 6.07. The van der Waals surface area contributed by atoms with Crippen molar-refractivity contribution in [2.24, 2.45) is 5.92 Å². The minimum absolute atomic E-state index is 0.0742. The second kappa shape index (κ2) is 6.83. The zero-order valence-corrected chi connectivity index (χ0v) is 14.5. The number of hydrogen-bond acceptors (Lipinski definition) is 3. The number of urea groups is 1. The van der Waals surface area contributed by atoms with E-state index in [9.17, 15) is 9.59 Å². The molecule has 1 spiro atoms. The summed E-state index contributed by atoms with van der Waals surface area (Å²) in [4.78, 5) is 26.3. The smallest absolute Gasteiger partial charge is 0.325 e. The number of imide groups is 1. The first-order chi connectivity index (χ1) is 11.5. The SMILES string of the molecule is CCC1CCC2(CC1)NC(=O)N(CCOc1cccc(C)c1)C2=O. The number of carbonyl (C=O) groups excluding carboxylic acids is 2. The van der Waals surface area contributed by atoms with Crippen molar-refractivity contribution in [2.75, 3.05) is 13.2 Å². The number of amides is 3. The fraction of sp³-hybridized carbons (Fsp3) is 0.579. The summed E-state index contributed by atoms with van der Waals surface area (Å²) in [6.07, 6.45) is 4.68. The third kappa shape index (κ3) is 3.25. The molecule has 3 amide bonds. The Morgan fingerprint density at radius 3 is 2.71 bits per heavy atom. The number of hydrogen-bond donors (Lipinski definition) is 1. The Bertz CT molecular complexity index is 621. The van der Waals surface area contributed by atoms with Crippen LogP contribution < -0.4 is 10.1 Å². The van der Waals surface area contributed by atoms with Crippen molar-refractivity contribution in [1.82, 2.24) is 10.2 Å². The molecule has 1 N–H and O–H groups in total. The summed E-state index contributed by atoms with van der Waals surface area (Å²) in [5.41, 5.74) is 0.459. The maximum atomic E-state index is 12.8. The van der Waals surface area contributed by atoms with Gasteiger partial charge in [0.1, 0.15) is 17.9 Å². The van der Waals surface area contributed by atoms with Gasteiger partial charge in [-0.1, -0.05) is 25.5 Å². The summed E-state index contributed by atoms with van der Waals surface area (Å²) in [6.45, 7) is 4.79. The molecule has 1 aliphatic carbocycles. The van der Waals surface area contributed by atoms with E-state index in [0.29, 0.717) is 12.5 Å². The first-order valence-electron chi connectivity index (χ1n) is 8.87. The van der Waals surface area contributed by atoms with Crippen LogP contribution in [0.4, 0.5) is 4.79 Å². The summed E-state index contributed by atoms with van der Waals surface area (Å²) in [7, 11) is 0. The summed E-state index contributed by atoms with van der Waals surface area (Å²) in [5, 5.41) is 2.95. The van der Waals surface area contributed by atoms with Crippen LogP contribution in [0, 0.1) is 12.8 Å². The zero-order valence-electron chi connectivity index (χ0n) is 14.5. The molecule has 0 radical (unpaired) electrons. The van der Waals surface area contributed by atoms with E-state index in [1.807, 2.05) is 31.2 Å². The van der Waals surface area contributed by atoms with Crippen LogP contribution in [0.1, 0.15) is 44.6 Å². The molecular formula is C19H26N2O3. The lowest BCUT2D eigenvalue weighted by atomic mass is 9.75. The molecule has 3 rings (SSSR count). The predicted molar refractivity (Wildman–Crippen MR) is 91.9 cm³/mol. The van der Waals surface area contributed by atoms with E-state index < -0.39 is 5.54 Å². The monoisotopic (exact) mass is 330 g/mol. The van der Waals surface area contributed by atoms with Crippen molar-refractivity contribution in [3.63, 3.8) is 0 Å². The Morgan fingerprint density at radius 1 is 1.29 bits per heavy atom. The van der Waals surface area contributed by atoms with Gasteiger partial charge in [-0.05, 0) is 56.2 Å². The molecule has 0 aromatic heterocycles. The molecule has 2 fully saturated rings. The van der Waals surface area contributed by atoms with Gasteiger partial charge in [-0.15, -0.1) is 0 Å². The van der Waals surface area contributed by atoms with Crippen molar-refractivity contribution in [3.05, 3.63) is 29.8 Å². The number of aryl methyl sites for hydroxylation is 1. The molecule has 0 atom stereocenters. The Balaban J connectivity index is 1.57. The van der Waals surface area contributed by atoms with E-state index in [0.717, 1.165) is 43.4 Å². The number of benzene rings is 1. The van der Waals surface area contributed by atoms with E-state index in [1.165, 1.54) is 4.90 Å². The van der Waals surface area contributed by atoms with Gasteiger partial charge in [0.05, 0.1) is 6.54 Å². The van der Waals surface area contributed by atoms with Crippen molar-refractivity contribution < 1.29 is 14.3 Å². The molecule has 1 aliphatic heterocycles. The summed E-state index contributed by atoms with van der Waals surface area (Å²) < 4.78 is 5.68. The predicted octanol–water partition coefficient (Wildman–Crippen LogP) is 3.26. The Kier molecular flexibility index (Phi) is 4.78. The number of nitrogens with one attached hydrogen (secondary N) is 1. The molecule has 2 aliphatic rings. The van der Waals surface area contributed by atoms with Crippen LogP contribution in [0.15, 0.2) is 24.3 Å². The van der Waals surface area contributed by atoms with Crippen molar-refractivity contribution >= 4 is 11.9 Å². The van der Waals surface area contributed by atoms with Gasteiger partial charge in [0.25, 0.3) is 5.91 Å². The maximum Gasteiger partial charge on any atom is 0.325 e. The van der Waals surface area contributed by atoms with Gasteiger partial charge >= 0.3 is 6.03 Å². The van der Waals surface area contributed by atoms with E-state index in [-0.39, 0.29) is 18.5 Å². The Hall–Kier alpha value is -2.04. The molecule has 1 aromatic rings. The molecule has 130 valence electrons. The first kappa shape index (κ1) is 16.8. The third-order valence-electron chi connectivity index (χ3n) is 5.36. The molecule has 1 saturated heterocycles. The van der Waals surface area contributed by atoms with Gasteiger partial charge in [0.15, 0.2) is 0 Å². The lowest BCUT2D eigenvalue weighted by molar-refractivity contribution is -0.133. The van der Waals surface area contributed by atoms with E-state index in [1.54, 1.807) is 0 Å². The van der Waals surface area contributed by atoms with Crippen LogP contribution >= 0.6 is 0 Å². The number of ether oxygens (including phenoxy) is 1. The lowest BCUT2D eigenvalue weighted by Gasteiger charge is -2.34. The normalized spacial score (nSPS) is 26.8. The zero-order chi connectivity index (χ0) is 17.2. The van der Waals surface area contributed by atoms with Crippen molar-refractivity contribution in [1.29, 1.82) is 0 Å². The number of nitrogens with zero attached hydrogens (tertiary/aromatic N) is 1. The number of carbonyl (C=O) groups is 2. The van der Waals surface area contributed by atoms with Gasteiger partial charge < -0.3 is 10.1 Å². The molecule has 0 unspecified atom stereocenters. The van der Waals surface area contributed by atoms with Crippen LogP contribution in [0.2, 0.25) is 0 Å². The molecule has 5 nitrogen and oxygen atoms in total. The minimum atomic E-state index is -0.661. The van der Waals surface area contributed by atoms with Crippen LogP contribution in [-0.4, -0.2) is 35.5 Å². The first-order valence-corrected chi connectivity index (χ1v) is 8.87. The Labute approximate surface area is 143 Å². The van der Waals surface area contributed by atoms with Crippen LogP contribution in [0.5, 0.6) is 5.75 Å². The van der Waals surface area contributed by atoms with Crippen molar-refractivity contribution in [2.45, 2.75) is 51.5 Å². The van der Waals surface area contributed by atoms with E-state index in [2.05, 4.69) is 12.2 Å². The largest absolute Gasteiger partial charge is 0.492 e. The van der Waals surface area contributed by atoms with Crippen LogP contribution in [0.25, 0.3) is 0 Å². The van der Waals surface area contributed by atoms with Crippen LogP contribution in [0.3, 0.4) is 0 Å². The average Bonchev–Trinajstić information content (AvgIpc) is 2.80. The summed E-state index contributed by atoms with van der Waals surface area (Å²) in [5.74, 6) is 1.37. The quantitative estimate of drug-likeness (QED) is 0.843. The standard InChI is InChI=1S/C19H26N2O3/c1-3-15-7-9-19(10-8-15)17(22)21(18(23)20-19)11-12-24-16-6-4-5-14(2)13-16/h4-6,13,15H,3,7-12H2,1-2H3,(H,20,23). The second-order valence-corrected chi connectivity index (χ2v) is 6.99. The molecule has 1 saturated carbocycles. The highest BCUT2D eigenvalue weighted by Crippen LogP contribution is 2.37. The summed E-state index contributed by atoms with van der Waals surface area (Å²) >= 11 is 0. The van der Waals surface area contributed by atoms with Gasteiger partial charge in [-0.25, -0.2) is 4.79 Å². The third-order valence-corrected chi connectivity index (χ3v) is 5.36. The van der Waals surface area contributed by atoms with Crippen molar-refractivity contribution in [3.8, 4) is 5.75 Å². The van der Waals surface area contributed by atoms with Gasteiger partial charge in [-0.2, -0.15) is 0 Å². The van der Waals surface area contributed by atoms with E-state index in [4.69, 9.17) is 4.74 Å². The topological polar surface area (TPSA) is 58.6 Å². The maximum absolute atomic E-state index is 12.8. The van der Waals surface area contributed by atoms with E-state index >= 15 is 0 Å². The highest BCUT2D eigenvalue weighted by atomic mass is 16.5. The minimum Gasteiger partial charge on any atom is -0.492 e. The highest BCUT2D eigenvalue weighted by Gasteiger charge is 2.52. The summed E-state index contributed by atoms with van der Waals surface area (Å²) in [6, 6.07) is 7.48. The van der Waals surface area contributed by atoms with Crippen LogP contribution in [-0.2, 0) is 4.79 Å². The van der Waals surface area contributed by atoms with Gasteiger partial charge in [-0.3, -0.25) is 9.69 Å². The average molecular weight is 330 g/mol. The number of rotatable bonds is 5. The molecule has 24 heavy (non-hydrogen) atoms. The molecular weight excluding hydrogens is 304 g/mol. The second-order valence-electron chi connectivity index (χ2n) is 6.99. The molecule has 0 bridgehead atoms. The van der Waals surface area contributed by atoms with Gasteiger partial charge in [0, 0.05) is 0 Å². The fourth-order valence-electron chi connectivity index (χ4n) is 3.76. The lowest BCUT2D eigenvalue weighted by Crippen LogP contribution is -2.49. The molecule has 1 aromatic carbocycles. The van der Waals surface area contributed by atoms with Gasteiger partial charge in [0.2, 0.25) is 0 Å². The molecule has 1 heterocycles. The molecule has 5 heteroatoms.